The summed E-state index contributed by atoms with van der Waals surface area (Å²) < 4.78 is 67.0. The third kappa shape index (κ3) is 3.59. The summed E-state index contributed by atoms with van der Waals surface area (Å²) >= 11 is 0. The van der Waals surface area contributed by atoms with Crippen molar-refractivity contribution in [2.24, 2.45) is 10.7 Å². The van der Waals surface area contributed by atoms with Crippen molar-refractivity contribution in [3.8, 4) is 0 Å². The molecule has 11 heteroatoms. The average Bonchev–Trinajstić information content (AvgIpc) is 3.32. The molecule has 174 valence electrons. The van der Waals surface area contributed by atoms with Gasteiger partial charge in [0.05, 0.1) is 24.3 Å². The first-order valence-corrected chi connectivity index (χ1v) is 10.4. The molecule has 33 heavy (non-hydrogen) atoms. The topological polar surface area (TPSA) is 74.8 Å². The largest absolute Gasteiger partial charge is 0.433 e. The molecule has 0 spiro atoms. The monoisotopic (exact) mass is 465 g/mol. The lowest BCUT2D eigenvalue weighted by Gasteiger charge is -2.31. The number of nitrogens with two attached hydrogens (primary N) is 1. The number of alkyl halides is 5. The van der Waals surface area contributed by atoms with E-state index in [0.29, 0.717) is 35.3 Å². The summed E-state index contributed by atoms with van der Waals surface area (Å²) in [6, 6.07) is 5.88. The van der Waals surface area contributed by atoms with Gasteiger partial charge in [-0.3, -0.25) is 4.79 Å². The quantitative estimate of drug-likeness (QED) is 0.675. The molecular formula is C22H20F5N5O. The van der Waals surface area contributed by atoms with Gasteiger partial charge in [-0.05, 0) is 42.7 Å². The molecule has 2 aromatic rings. The molecule has 3 aliphatic rings. The van der Waals surface area contributed by atoms with Crippen molar-refractivity contribution in [2.75, 3.05) is 13.6 Å². The zero-order chi connectivity index (χ0) is 23.7. The number of amides is 1. The van der Waals surface area contributed by atoms with Crippen molar-refractivity contribution in [3.63, 3.8) is 0 Å². The van der Waals surface area contributed by atoms with E-state index in [1.54, 1.807) is 25.2 Å². The number of nitrogens with zero attached hydrogens (tertiary/aromatic N) is 4. The minimum absolute atomic E-state index is 0.0224. The molecule has 2 aliphatic heterocycles. The van der Waals surface area contributed by atoms with E-state index in [2.05, 4.69) is 9.98 Å². The molecule has 3 heterocycles. The molecule has 6 nitrogen and oxygen atoms in total. The number of aromatic nitrogens is 1. The summed E-state index contributed by atoms with van der Waals surface area (Å²) in [7, 11) is 1.57. The number of fused-ring (bicyclic) bond motifs is 4. The van der Waals surface area contributed by atoms with Crippen LogP contribution in [0.2, 0.25) is 0 Å². The Labute approximate surface area is 185 Å². The predicted octanol–water partition coefficient (Wildman–Crippen LogP) is 4.20. The molecule has 0 bridgehead atoms. The molecular weight excluding hydrogens is 445 g/mol. The standard InChI is InChI=1S/C22H20F5N5O/c1-31(16-6-5-14-12(16)3-7-18(29-14)22(25,26)27)19(33)11-2-4-15-13(8-11)17-9-21(23,24)10-32(17)20(28)30-15/h2-4,7-8,16-17H,5-6,9-10H2,1H3,(H2,28,30). The Balaban J connectivity index is 1.43. The van der Waals surface area contributed by atoms with E-state index < -0.39 is 42.8 Å². The van der Waals surface area contributed by atoms with Gasteiger partial charge < -0.3 is 15.5 Å². The maximum atomic E-state index is 14.0. The van der Waals surface area contributed by atoms with Crippen LogP contribution in [0, 0.1) is 0 Å². The number of aliphatic imine (C=N–C) groups is 1. The van der Waals surface area contributed by atoms with E-state index in [1.807, 2.05) is 0 Å². The molecule has 2 atom stereocenters. The van der Waals surface area contributed by atoms with Crippen LogP contribution in [0.3, 0.4) is 0 Å². The number of carbonyl (C=O) groups is 1. The minimum Gasteiger partial charge on any atom is -0.369 e. The Kier molecular flexibility index (Phi) is 4.67. The normalized spacial score (nSPS) is 23.0. The van der Waals surface area contributed by atoms with Gasteiger partial charge in [0.25, 0.3) is 11.8 Å². The van der Waals surface area contributed by atoms with Crippen molar-refractivity contribution in [1.82, 2.24) is 14.8 Å². The third-order valence-electron chi connectivity index (χ3n) is 6.53. The van der Waals surface area contributed by atoms with Gasteiger partial charge in [0, 0.05) is 30.3 Å². The molecule has 1 aromatic heterocycles. The van der Waals surface area contributed by atoms with Crippen LogP contribution in [0.25, 0.3) is 0 Å². The summed E-state index contributed by atoms with van der Waals surface area (Å²) in [5, 5.41) is 0. The first kappa shape index (κ1) is 21.6. The Morgan fingerprint density at radius 2 is 1.97 bits per heavy atom. The van der Waals surface area contributed by atoms with E-state index in [4.69, 9.17) is 5.73 Å². The van der Waals surface area contributed by atoms with E-state index in [0.717, 1.165) is 6.07 Å². The van der Waals surface area contributed by atoms with Crippen LogP contribution in [0.5, 0.6) is 0 Å². The number of rotatable bonds is 2. The highest BCUT2D eigenvalue weighted by Crippen LogP contribution is 2.46. The molecule has 0 saturated carbocycles. The molecule has 1 fully saturated rings. The van der Waals surface area contributed by atoms with Crippen molar-refractivity contribution in [3.05, 3.63) is 58.4 Å². The number of carbonyl (C=O) groups excluding carboxylic acids is 1. The van der Waals surface area contributed by atoms with E-state index >= 15 is 0 Å². The second-order valence-corrected chi connectivity index (χ2v) is 8.65. The van der Waals surface area contributed by atoms with Crippen LogP contribution in [0.15, 0.2) is 35.3 Å². The van der Waals surface area contributed by atoms with Crippen LogP contribution >= 0.6 is 0 Å². The van der Waals surface area contributed by atoms with Gasteiger partial charge in [0.15, 0.2) is 5.96 Å². The van der Waals surface area contributed by atoms with Crippen LogP contribution < -0.4 is 5.73 Å². The van der Waals surface area contributed by atoms with E-state index in [-0.39, 0.29) is 17.4 Å². The number of hydrogen-bond donors (Lipinski definition) is 1. The second-order valence-electron chi connectivity index (χ2n) is 8.65. The fraction of sp³-hybridized carbons (Fsp3) is 0.409. The van der Waals surface area contributed by atoms with Gasteiger partial charge in [-0.1, -0.05) is 6.07 Å². The zero-order valence-corrected chi connectivity index (χ0v) is 17.5. The van der Waals surface area contributed by atoms with Gasteiger partial charge in [-0.2, -0.15) is 13.2 Å². The molecule has 0 radical (unpaired) electrons. The lowest BCUT2D eigenvalue weighted by atomic mass is 9.97. The van der Waals surface area contributed by atoms with E-state index in [9.17, 15) is 26.7 Å². The number of aryl methyl sites for hydroxylation is 1. The van der Waals surface area contributed by atoms with Gasteiger partial charge in [0.1, 0.15) is 5.69 Å². The average molecular weight is 465 g/mol. The highest BCUT2D eigenvalue weighted by atomic mass is 19.4. The Morgan fingerprint density at radius 3 is 2.70 bits per heavy atom. The Bertz CT molecular complexity index is 1180. The van der Waals surface area contributed by atoms with Gasteiger partial charge in [0.2, 0.25) is 0 Å². The summed E-state index contributed by atoms with van der Waals surface area (Å²) in [5.41, 5.74) is 7.05. The lowest BCUT2D eigenvalue weighted by Crippen LogP contribution is -2.40. The van der Waals surface area contributed by atoms with Crippen LogP contribution in [0.1, 0.15) is 57.8 Å². The molecule has 1 aromatic carbocycles. The van der Waals surface area contributed by atoms with Gasteiger partial charge in [-0.25, -0.2) is 18.8 Å². The number of benzene rings is 1. The minimum atomic E-state index is -4.53. The maximum absolute atomic E-state index is 14.0. The highest BCUT2D eigenvalue weighted by Gasteiger charge is 2.48. The summed E-state index contributed by atoms with van der Waals surface area (Å²) in [5.74, 6) is -3.26. The molecule has 1 aliphatic carbocycles. The van der Waals surface area contributed by atoms with Crippen molar-refractivity contribution < 1.29 is 26.7 Å². The second kappa shape index (κ2) is 7.13. The number of pyridine rings is 1. The lowest BCUT2D eigenvalue weighted by molar-refractivity contribution is -0.141. The van der Waals surface area contributed by atoms with Gasteiger partial charge in [-0.15, -0.1) is 0 Å². The number of hydrogen-bond acceptors (Lipinski definition) is 5. The molecule has 2 N–H and O–H groups in total. The third-order valence-corrected chi connectivity index (χ3v) is 6.53. The molecule has 1 amide bonds. The van der Waals surface area contributed by atoms with Gasteiger partial charge >= 0.3 is 6.18 Å². The van der Waals surface area contributed by atoms with Crippen molar-refractivity contribution >= 4 is 17.6 Å². The first-order valence-electron chi connectivity index (χ1n) is 10.4. The summed E-state index contributed by atoms with van der Waals surface area (Å²) in [4.78, 5) is 24.0. The number of guanidine groups is 1. The maximum Gasteiger partial charge on any atom is 0.433 e. The van der Waals surface area contributed by atoms with Crippen LogP contribution in [-0.2, 0) is 12.6 Å². The Morgan fingerprint density at radius 1 is 1.21 bits per heavy atom. The van der Waals surface area contributed by atoms with Crippen LogP contribution in [0.4, 0.5) is 27.6 Å². The summed E-state index contributed by atoms with van der Waals surface area (Å²) in [6.07, 6.45) is -4.19. The zero-order valence-electron chi connectivity index (χ0n) is 17.5. The van der Waals surface area contributed by atoms with E-state index in [1.165, 1.54) is 15.9 Å². The highest BCUT2D eigenvalue weighted by molar-refractivity contribution is 5.96. The summed E-state index contributed by atoms with van der Waals surface area (Å²) in [6.45, 7) is -0.531. The Hall–Kier alpha value is -3.24. The number of halogens is 5. The SMILES string of the molecule is CN(C(=O)c1ccc2c(c1)C1CC(F)(F)CN1C(N)=N2)C1CCc2nc(C(F)(F)F)ccc21. The van der Waals surface area contributed by atoms with Crippen LogP contribution in [-0.4, -0.2) is 46.2 Å². The smallest absolute Gasteiger partial charge is 0.369 e. The predicted molar refractivity (Wildman–Crippen MR) is 109 cm³/mol. The molecule has 2 unspecified atom stereocenters. The molecule has 5 rings (SSSR count). The fourth-order valence-electron chi connectivity index (χ4n) is 4.93. The van der Waals surface area contributed by atoms with Crippen molar-refractivity contribution in [1.29, 1.82) is 0 Å². The first-order chi connectivity index (χ1) is 15.4. The van der Waals surface area contributed by atoms with Crippen molar-refractivity contribution in [2.45, 2.75) is 43.4 Å². The molecule has 1 saturated heterocycles. The fourth-order valence-corrected chi connectivity index (χ4v) is 4.93.